The van der Waals surface area contributed by atoms with E-state index in [4.69, 9.17) is 0 Å². The molecule has 0 aliphatic heterocycles. The van der Waals surface area contributed by atoms with E-state index in [1.807, 2.05) is 18.3 Å². The molecule has 1 aliphatic rings. The maximum atomic E-state index is 12.2. The van der Waals surface area contributed by atoms with Crippen LogP contribution in [0.1, 0.15) is 48.6 Å². The number of thiazole rings is 1. The third-order valence-electron chi connectivity index (χ3n) is 3.96. The number of benzene rings is 1. The Balaban J connectivity index is 1.69. The number of carbonyl (C=O) groups is 1. The molecule has 0 unspecified atom stereocenters. The zero-order valence-electron chi connectivity index (χ0n) is 13.0. The molecule has 0 atom stereocenters. The normalized spacial score (nSPS) is 13.8. The molecule has 1 aromatic carbocycles. The van der Waals surface area contributed by atoms with E-state index in [0.29, 0.717) is 11.0 Å². The number of nitrogens with one attached hydrogen (secondary N) is 2. The zero-order valence-corrected chi connectivity index (χ0v) is 13.8. The van der Waals surface area contributed by atoms with Crippen molar-refractivity contribution >= 4 is 28.2 Å². The highest BCUT2D eigenvalue weighted by Gasteiger charge is 2.15. The summed E-state index contributed by atoms with van der Waals surface area (Å²) in [6, 6.07) is 5.93. The lowest BCUT2D eigenvalue weighted by Gasteiger charge is -2.19. The van der Waals surface area contributed by atoms with Crippen LogP contribution in [-0.4, -0.2) is 11.0 Å². The molecule has 1 aliphatic carbocycles. The van der Waals surface area contributed by atoms with Gasteiger partial charge in [0.25, 0.3) is 0 Å². The highest BCUT2D eigenvalue weighted by atomic mass is 32.1. The third kappa shape index (κ3) is 3.30. The van der Waals surface area contributed by atoms with E-state index in [2.05, 4.69) is 35.5 Å². The van der Waals surface area contributed by atoms with Crippen molar-refractivity contribution in [3.8, 4) is 0 Å². The molecule has 2 aromatic rings. The number of fused-ring (bicyclic) bond motifs is 1. The van der Waals surface area contributed by atoms with E-state index in [1.165, 1.54) is 40.2 Å². The van der Waals surface area contributed by atoms with Crippen LogP contribution in [0.5, 0.6) is 0 Å². The van der Waals surface area contributed by atoms with Gasteiger partial charge in [-0.05, 0) is 48.8 Å². The Morgan fingerprint density at radius 2 is 2.05 bits per heavy atom. The fourth-order valence-electron chi connectivity index (χ4n) is 2.76. The summed E-state index contributed by atoms with van der Waals surface area (Å²) in [5, 5.41) is 6.45. The summed E-state index contributed by atoms with van der Waals surface area (Å²) < 4.78 is 0. The second-order valence-electron chi connectivity index (χ2n) is 5.95. The van der Waals surface area contributed by atoms with Gasteiger partial charge in [0.15, 0.2) is 5.13 Å². The van der Waals surface area contributed by atoms with Gasteiger partial charge in [0.2, 0.25) is 0 Å². The third-order valence-corrected chi connectivity index (χ3v) is 5.17. The minimum atomic E-state index is -0.219. The minimum absolute atomic E-state index is 0.219. The molecular formula is C17H21N3OS. The Hall–Kier alpha value is -1.88. The summed E-state index contributed by atoms with van der Waals surface area (Å²) in [7, 11) is 0. The average Bonchev–Trinajstić information content (AvgIpc) is 2.96. The van der Waals surface area contributed by atoms with Crippen LogP contribution in [0.25, 0.3) is 0 Å². The fourth-order valence-corrected chi connectivity index (χ4v) is 3.57. The summed E-state index contributed by atoms with van der Waals surface area (Å²) in [6.07, 6.45) is 6.41. The van der Waals surface area contributed by atoms with Crippen molar-refractivity contribution in [2.45, 2.75) is 45.4 Å². The van der Waals surface area contributed by atoms with Crippen LogP contribution in [0.4, 0.5) is 15.6 Å². The molecule has 2 N–H and O–H groups in total. The largest absolute Gasteiger partial charge is 0.325 e. The van der Waals surface area contributed by atoms with Crippen LogP contribution in [0.3, 0.4) is 0 Å². The van der Waals surface area contributed by atoms with E-state index in [-0.39, 0.29) is 6.03 Å². The van der Waals surface area contributed by atoms with E-state index in [1.54, 1.807) is 0 Å². The summed E-state index contributed by atoms with van der Waals surface area (Å²) in [5.74, 6) is 0.428. The number of aromatic nitrogens is 1. The quantitative estimate of drug-likeness (QED) is 0.855. The maximum absolute atomic E-state index is 12.2. The van der Waals surface area contributed by atoms with Gasteiger partial charge in [-0.3, -0.25) is 5.32 Å². The maximum Gasteiger partial charge on any atom is 0.325 e. The van der Waals surface area contributed by atoms with Gasteiger partial charge in [0, 0.05) is 16.8 Å². The molecular weight excluding hydrogens is 294 g/mol. The molecule has 0 radical (unpaired) electrons. The molecule has 0 bridgehead atoms. The molecule has 4 nitrogen and oxygen atoms in total. The van der Waals surface area contributed by atoms with Crippen LogP contribution < -0.4 is 10.6 Å². The molecule has 5 heteroatoms. The lowest BCUT2D eigenvalue weighted by molar-refractivity contribution is 0.262. The van der Waals surface area contributed by atoms with Gasteiger partial charge < -0.3 is 5.32 Å². The van der Waals surface area contributed by atoms with Crippen molar-refractivity contribution in [2.75, 3.05) is 10.6 Å². The number of urea groups is 1. The van der Waals surface area contributed by atoms with Gasteiger partial charge in [-0.15, -0.1) is 11.3 Å². The van der Waals surface area contributed by atoms with E-state index in [0.717, 1.165) is 18.5 Å². The molecule has 22 heavy (non-hydrogen) atoms. The first-order valence-corrected chi connectivity index (χ1v) is 8.59. The molecule has 0 fully saturated rings. The van der Waals surface area contributed by atoms with Crippen LogP contribution in [-0.2, 0) is 12.8 Å². The summed E-state index contributed by atoms with van der Waals surface area (Å²) in [5.41, 5.74) is 3.57. The predicted molar refractivity (Wildman–Crippen MR) is 91.9 cm³/mol. The fraction of sp³-hybridized carbons (Fsp3) is 0.412. The first-order valence-electron chi connectivity index (χ1n) is 7.78. The minimum Gasteiger partial charge on any atom is -0.307 e. The van der Waals surface area contributed by atoms with Crippen molar-refractivity contribution in [1.29, 1.82) is 0 Å². The van der Waals surface area contributed by atoms with Crippen LogP contribution in [0.2, 0.25) is 0 Å². The van der Waals surface area contributed by atoms with E-state index in [9.17, 15) is 4.79 Å². The molecule has 0 saturated carbocycles. The van der Waals surface area contributed by atoms with Crippen molar-refractivity contribution in [3.05, 3.63) is 40.4 Å². The lowest BCUT2D eigenvalue weighted by Crippen LogP contribution is -2.21. The molecule has 1 heterocycles. The topological polar surface area (TPSA) is 54.0 Å². The number of hydrogen-bond acceptors (Lipinski definition) is 3. The van der Waals surface area contributed by atoms with Gasteiger partial charge >= 0.3 is 6.03 Å². The van der Waals surface area contributed by atoms with Gasteiger partial charge in [-0.1, -0.05) is 26.0 Å². The molecule has 0 spiro atoms. The van der Waals surface area contributed by atoms with Gasteiger partial charge in [-0.25, -0.2) is 9.78 Å². The van der Waals surface area contributed by atoms with Crippen molar-refractivity contribution in [1.82, 2.24) is 4.98 Å². The lowest BCUT2D eigenvalue weighted by atomic mass is 9.90. The number of anilines is 2. The number of aryl methyl sites for hydroxylation is 1. The average molecular weight is 315 g/mol. The number of rotatable bonds is 3. The summed E-state index contributed by atoms with van der Waals surface area (Å²) in [4.78, 5) is 17.6. The molecule has 2 amide bonds. The number of carbonyl (C=O) groups excluding carboxylic acids is 1. The Morgan fingerprint density at radius 3 is 2.82 bits per heavy atom. The molecule has 116 valence electrons. The van der Waals surface area contributed by atoms with Crippen LogP contribution >= 0.6 is 11.3 Å². The zero-order chi connectivity index (χ0) is 15.5. The van der Waals surface area contributed by atoms with E-state index >= 15 is 0 Å². The second-order valence-corrected chi connectivity index (χ2v) is 7.01. The van der Waals surface area contributed by atoms with E-state index < -0.39 is 0 Å². The standard InChI is InChI=1S/C17H21N3OS/c1-11(2)15-10-18-17(22-15)20-16(21)19-14-9-5-7-12-6-3-4-8-13(12)14/h5,7,9-11H,3-4,6,8H2,1-2H3,(H2,18,19,20,21). The van der Waals surface area contributed by atoms with Gasteiger partial charge in [0.05, 0.1) is 0 Å². The van der Waals surface area contributed by atoms with Gasteiger partial charge in [0.1, 0.15) is 0 Å². The molecule has 3 rings (SSSR count). The van der Waals surface area contributed by atoms with Crippen molar-refractivity contribution < 1.29 is 4.79 Å². The summed E-state index contributed by atoms with van der Waals surface area (Å²) >= 11 is 1.53. The number of amides is 2. The second kappa shape index (κ2) is 6.48. The molecule has 0 saturated heterocycles. The van der Waals surface area contributed by atoms with Crippen molar-refractivity contribution in [2.24, 2.45) is 0 Å². The number of hydrogen-bond donors (Lipinski definition) is 2. The van der Waals surface area contributed by atoms with Gasteiger partial charge in [-0.2, -0.15) is 0 Å². The Kier molecular flexibility index (Phi) is 4.43. The first kappa shape index (κ1) is 15.0. The monoisotopic (exact) mass is 315 g/mol. The van der Waals surface area contributed by atoms with Crippen molar-refractivity contribution in [3.63, 3.8) is 0 Å². The highest BCUT2D eigenvalue weighted by Crippen LogP contribution is 2.28. The Morgan fingerprint density at radius 1 is 1.23 bits per heavy atom. The smallest absolute Gasteiger partial charge is 0.307 e. The Labute approximate surface area is 135 Å². The van der Waals surface area contributed by atoms with Crippen LogP contribution in [0.15, 0.2) is 24.4 Å². The summed E-state index contributed by atoms with van der Waals surface area (Å²) in [6.45, 7) is 4.24. The number of nitrogens with zero attached hydrogens (tertiary/aromatic N) is 1. The Bertz CT molecular complexity index is 678. The predicted octanol–water partition coefficient (Wildman–Crippen LogP) is 4.79. The molecule has 1 aromatic heterocycles. The first-order chi connectivity index (χ1) is 10.6. The SMILES string of the molecule is CC(C)c1cnc(NC(=O)Nc2cccc3c2CCCC3)s1. The highest BCUT2D eigenvalue weighted by molar-refractivity contribution is 7.15. The van der Waals surface area contributed by atoms with Crippen LogP contribution in [0, 0.1) is 0 Å².